The third-order valence-electron chi connectivity index (χ3n) is 4.91. The van der Waals surface area contributed by atoms with Crippen LogP contribution in [0.25, 0.3) is 11.8 Å². The molecule has 3 aromatic rings. The highest BCUT2D eigenvalue weighted by atomic mass is 19.3. The maximum absolute atomic E-state index is 12.6. The zero-order chi connectivity index (χ0) is 23.1. The lowest BCUT2D eigenvalue weighted by molar-refractivity contribution is -0.116. The summed E-state index contributed by atoms with van der Waals surface area (Å²) in [5.41, 5.74) is 4.32. The molecular formula is C24H25F2N3O3. The molecule has 32 heavy (non-hydrogen) atoms. The number of carbonyl (C=O) groups excluding carboxylic acids is 1. The summed E-state index contributed by atoms with van der Waals surface area (Å²) >= 11 is 0. The number of ether oxygens (including phenoxy) is 2. The fourth-order valence-corrected chi connectivity index (χ4v) is 3.33. The third kappa shape index (κ3) is 5.72. The number of nitrogens with zero attached hydrogens (tertiary/aromatic N) is 2. The molecule has 0 aliphatic heterocycles. The van der Waals surface area contributed by atoms with Crippen LogP contribution in [0.2, 0.25) is 0 Å². The first-order valence-corrected chi connectivity index (χ1v) is 10.1. The van der Waals surface area contributed by atoms with Crippen molar-refractivity contribution in [3.05, 3.63) is 77.1 Å². The summed E-state index contributed by atoms with van der Waals surface area (Å²) in [7, 11) is 1.38. The van der Waals surface area contributed by atoms with Gasteiger partial charge in [-0.25, -0.2) is 4.68 Å². The largest absolute Gasteiger partial charge is 0.493 e. The van der Waals surface area contributed by atoms with Gasteiger partial charge in [0.2, 0.25) is 5.91 Å². The number of carbonyl (C=O) groups is 1. The number of hydrogen-bond donors (Lipinski definition) is 1. The molecular weight excluding hydrogens is 416 g/mol. The molecule has 0 fully saturated rings. The van der Waals surface area contributed by atoms with Gasteiger partial charge in [-0.05, 0) is 56.2 Å². The summed E-state index contributed by atoms with van der Waals surface area (Å²) in [4.78, 5) is 12.2. The van der Waals surface area contributed by atoms with Crippen molar-refractivity contribution in [3.63, 3.8) is 0 Å². The lowest BCUT2D eigenvalue weighted by atomic mass is 10.1. The molecule has 8 heteroatoms. The Bertz CT molecular complexity index is 1100. The fourth-order valence-electron chi connectivity index (χ4n) is 3.33. The number of rotatable bonds is 9. The molecule has 0 aliphatic carbocycles. The van der Waals surface area contributed by atoms with Gasteiger partial charge in [-0.3, -0.25) is 4.79 Å². The van der Waals surface area contributed by atoms with Crippen LogP contribution < -0.4 is 14.8 Å². The molecule has 0 radical (unpaired) electrons. The van der Waals surface area contributed by atoms with E-state index in [-0.39, 0.29) is 17.4 Å². The maximum atomic E-state index is 12.6. The number of benzene rings is 2. The molecule has 2 aromatic carbocycles. The smallest absolute Gasteiger partial charge is 0.387 e. The van der Waals surface area contributed by atoms with Crippen molar-refractivity contribution in [2.45, 2.75) is 26.9 Å². The standard InChI is InChI=1S/C24H25F2N3O3/c1-16-20(17(2)29(28-16)19-7-5-4-6-8-19)10-12-23(30)27-14-13-18-9-11-21(31-3)22(15-18)32-24(25)26/h4-12,15,24H,13-14H2,1-3H3,(H,27,30)/b12-10+. The van der Waals surface area contributed by atoms with Crippen LogP contribution in [0.15, 0.2) is 54.6 Å². The van der Waals surface area contributed by atoms with Crippen molar-refractivity contribution >= 4 is 12.0 Å². The first-order valence-electron chi connectivity index (χ1n) is 10.1. The summed E-state index contributed by atoms with van der Waals surface area (Å²) in [5.74, 6) is -0.0655. The quantitative estimate of drug-likeness (QED) is 0.498. The van der Waals surface area contributed by atoms with Gasteiger partial charge >= 0.3 is 6.61 Å². The van der Waals surface area contributed by atoms with E-state index in [1.54, 1.807) is 18.2 Å². The summed E-state index contributed by atoms with van der Waals surface area (Å²) in [5, 5.41) is 7.36. The fraction of sp³-hybridized carbons (Fsp3) is 0.250. The van der Waals surface area contributed by atoms with Crippen LogP contribution in [0.5, 0.6) is 11.5 Å². The molecule has 0 aliphatic rings. The number of hydrogen-bond acceptors (Lipinski definition) is 4. The molecule has 0 spiro atoms. The number of aryl methyl sites for hydroxylation is 1. The highest BCUT2D eigenvalue weighted by Gasteiger charge is 2.12. The predicted octanol–water partition coefficient (Wildman–Crippen LogP) is 4.47. The van der Waals surface area contributed by atoms with Gasteiger partial charge in [0.05, 0.1) is 18.5 Å². The van der Waals surface area contributed by atoms with Crippen molar-refractivity contribution < 1.29 is 23.0 Å². The van der Waals surface area contributed by atoms with Crippen molar-refractivity contribution in [3.8, 4) is 17.2 Å². The van der Waals surface area contributed by atoms with E-state index in [2.05, 4.69) is 15.2 Å². The van der Waals surface area contributed by atoms with Crippen molar-refractivity contribution in [2.75, 3.05) is 13.7 Å². The number of para-hydroxylation sites is 1. The van der Waals surface area contributed by atoms with E-state index in [0.717, 1.165) is 28.2 Å². The lowest BCUT2D eigenvalue weighted by Crippen LogP contribution is -2.23. The Morgan fingerprint density at radius 2 is 1.91 bits per heavy atom. The van der Waals surface area contributed by atoms with E-state index >= 15 is 0 Å². The molecule has 0 saturated carbocycles. The van der Waals surface area contributed by atoms with E-state index in [4.69, 9.17) is 4.74 Å². The Balaban J connectivity index is 1.60. The number of amides is 1. The zero-order valence-corrected chi connectivity index (χ0v) is 18.1. The van der Waals surface area contributed by atoms with Gasteiger partial charge in [-0.1, -0.05) is 24.3 Å². The van der Waals surface area contributed by atoms with Crippen LogP contribution in [0.3, 0.4) is 0 Å². The normalized spacial score (nSPS) is 11.2. The molecule has 6 nitrogen and oxygen atoms in total. The minimum absolute atomic E-state index is 0.0346. The second kappa shape index (κ2) is 10.6. The van der Waals surface area contributed by atoms with Crippen LogP contribution in [0, 0.1) is 13.8 Å². The molecule has 0 bridgehead atoms. The monoisotopic (exact) mass is 441 g/mol. The van der Waals surface area contributed by atoms with Crippen LogP contribution in [-0.2, 0) is 11.2 Å². The van der Waals surface area contributed by atoms with E-state index in [0.29, 0.717) is 13.0 Å². The molecule has 1 N–H and O–H groups in total. The highest BCUT2D eigenvalue weighted by molar-refractivity contribution is 5.92. The Morgan fingerprint density at radius 3 is 2.59 bits per heavy atom. The van der Waals surface area contributed by atoms with Crippen molar-refractivity contribution in [2.24, 2.45) is 0 Å². The SMILES string of the molecule is COc1ccc(CCNC(=O)/C=C/c2c(C)nn(-c3ccccc3)c2C)cc1OC(F)F. The van der Waals surface area contributed by atoms with Gasteiger partial charge in [0, 0.05) is 23.9 Å². The second-order valence-corrected chi connectivity index (χ2v) is 7.07. The molecule has 0 atom stereocenters. The molecule has 1 amide bonds. The molecule has 3 rings (SSSR count). The van der Waals surface area contributed by atoms with Gasteiger partial charge in [0.1, 0.15) is 0 Å². The Kier molecular flexibility index (Phi) is 7.59. The summed E-state index contributed by atoms with van der Waals surface area (Å²) < 4.78 is 36.5. The third-order valence-corrected chi connectivity index (χ3v) is 4.91. The molecule has 168 valence electrons. The minimum Gasteiger partial charge on any atom is -0.493 e. The number of nitrogens with one attached hydrogen (secondary N) is 1. The Morgan fingerprint density at radius 1 is 1.16 bits per heavy atom. The maximum Gasteiger partial charge on any atom is 0.387 e. The average Bonchev–Trinajstić information content (AvgIpc) is 3.06. The Hall–Kier alpha value is -3.68. The minimum atomic E-state index is -2.94. The summed E-state index contributed by atoms with van der Waals surface area (Å²) in [6.07, 6.45) is 3.66. The van der Waals surface area contributed by atoms with Crippen LogP contribution >= 0.6 is 0 Å². The van der Waals surface area contributed by atoms with Crippen LogP contribution in [-0.4, -0.2) is 36.0 Å². The average molecular weight is 441 g/mol. The first-order chi connectivity index (χ1) is 15.4. The highest BCUT2D eigenvalue weighted by Crippen LogP contribution is 2.29. The lowest BCUT2D eigenvalue weighted by Gasteiger charge is -2.11. The first kappa shape index (κ1) is 23.0. The molecule has 0 unspecified atom stereocenters. The molecule has 1 heterocycles. The van der Waals surface area contributed by atoms with Crippen molar-refractivity contribution in [1.82, 2.24) is 15.1 Å². The number of methoxy groups -OCH3 is 1. The number of halogens is 2. The second-order valence-electron chi connectivity index (χ2n) is 7.07. The predicted molar refractivity (Wildman–Crippen MR) is 118 cm³/mol. The van der Waals surface area contributed by atoms with E-state index < -0.39 is 6.61 Å². The van der Waals surface area contributed by atoms with Gasteiger partial charge < -0.3 is 14.8 Å². The van der Waals surface area contributed by atoms with Gasteiger partial charge in [0.15, 0.2) is 11.5 Å². The molecule has 0 saturated heterocycles. The van der Waals surface area contributed by atoms with E-state index in [1.165, 1.54) is 19.3 Å². The van der Waals surface area contributed by atoms with Crippen LogP contribution in [0.4, 0.5) is 8.78 Å². The van der Waals surface area contributed by atoms with E-state index in [1.807, 2.05) is 48.9 Å². The van der Waals surface area contributed by atoms with Gasteiger partial charge in [0.25, 0.3) is 0 Å². The molecule has 1 aromatic heterocycles. The topological polar surface area (TPSA) is 65.4 Å². The Labute approximate surface area is 185 Å². The van der Waals surface area contributed by atoms with Gasteiger partial charge in [-0.2, -0.15) is 13.9 Å². The van der Waals surface area contributed by atoms with Crippen molar-refractivity contribution in [1.29, 1.82) is 0 Å². The number of aromatic nitrogens is 2. The summed E-state index contributed by atoms with van der Waals surface area (Å²) in [6.45, 7) is 1.24. The van der Waals surface area contributed by atoms with Crippen LogP contribution in [0.1, 0.15) is 22.5 Å². The zero-order valence-electron chi connectivity index (χ0n) is 18.1. The van der Waals surface area contributed by atoms with E-state index in [9.17, 15) is 13.6 Å². The number of alkyl halides is 2. The summed E-state index contributed by atoms with van der Waals surface area (Å²) in [6, 6.07) is 14.6. The van der Waals surface area contributed by atoms with Gasteiger partial charge in [-0.15, -0.1) is 0 Å².